The highest BCUT2D eigenvalue weighted by molar-refractivity contribution is 7.91. The van der Waals surface area contributed by atoms with Crippen molar-refractivity contribution in [3.8, 4) is 5.75 Å². The molecule has 160 valence electrons. The van der Waals surface area contributed by atoms with Gasteiger partial charge in [0.25, 0.3) is 0 Å². The molecule has 1 N–H and O–H groups in total. The molecule has 2 aromatic carbocycles. The van der Waals surface area contributed by atoms with Gasteiger partial charge in [0.05, 0.1) is 34.1 Å². The minimum absolute atomic E-state index is 0.0467. The van der Waals surface area contributed by atoms with Crippen molar-refractivity contribution < 1.29 is 18.3 Å². The van der Waals surface area contributed by atoms with E-state index in [1.807, 2.05) is 28.8 Å². The Balaban J connectivity index is 1.50. The number of aliphatic hydroxyl groups is 1. The second kappa shape index (κ2) is 8.75. The van der Waals surface area contributed by atoms with Crippen LogP contribution >= 0.6 is 23.2 Å². The van der Waals surface area contributed by atoms with Gasteiger partial charge in [0.2, 0.25) is 0 Å². The first-order valence-electron chi connectivity index (χ1n) is 9.71. The Labute approximate surface area is 185 Å². The van der Waals surface area contributed by atoms with E-state index < -0.39 is 15.9 Å². The summed E-state index contributed by atoms with van der Waals surface area (Å²) in [6, 6.07) is 12.6. The first-order chi connectivity index (χ1) is 14.3. The summed E-state index contributed by atoms with van der Waals surface area (Å²) in [6.07, 6.45) is 0.400. The molecule has 1 saturated heterocycles. The van der Waals surface area contributed by atoms with Gasteiger partial charge in [0.15, 0.2) is 9.84 Å². The Morgan fingerprint density at radius 2 is 2.03 bits per heavy atom. The first-order valence-corrected chi connectivity index (χ1v) is 12.3. The quantitative estimate of drug-likeness (QED) is 0.570. The standard InChI is InChI=1S/C21H22Cl2N2O4S/c22-15-5-6-20(17(23)10-15)29-12-16(26)11-25-19-4-2-1-3-18(19)24-21(25)9-14-7-8-30(27,28)13-14/h1-6,10,14,16,26H,7-9,11-13H2. The van der Waals surface area contributed by atoms with Crippen LogP contribution in [0.15, 0.2) is 42.5 Å². The zero-order chi connectivity index (χ0) is 21.3. The molecule has 9 heteroatoms. The molecule has 1 aliphatic heterocycles. The van der Waals surface area contributed by atoms with E-state index in [4.69, 9.17) is 32.9 Å². The minimum atomic E-state index is -2.96. The largest absolute Gasteiger partial charge is 0.489 e. The molecule has 0 amide bonds. The Morgan fingerprint density at radius 3 is 2.77 bits per heavy atom. The third kappa shape index (κ3) is 4.91. The second-order valence-corrected chi connectivity index (χ2v) is 10.7. The number of hydrogen-bond donors (Lipinski definition) is 1. The van der Waals surface area contributed by atoms with Crippen LogP contribution in [0.5, 0.6) is 5.75 Å². The molecule has 4 rings (SSSR count). The van der Waals surface area contributed by atoms with E-state index in [1.54, 1.807) is 18.2 Å². The molecule has 1 fully saturated rings. The molecule has 0 bridgehead atoms. The van der Waals surface area contributed by atoms with Crippen LogP contribution in [0.2, 0.25) is 10.0 Å². The van der Waals surface area contributed by atoms with Crippen LogP contribution in [0, 0.1) is 5.92 Å². The molecule has 30 heavy (non-hydrogen) atoms. The molecular formula is C21H22Cl2N2O4S. The fraction of sp³-hybridized carbons (Fsp3) is 0.381. The molecule has 0 aliphatic carbocycles. The van der Waals surface area contributed by atoms with Gasteiger partial charge in [0.1, 0.15) is 24.3 Å². The second-order valence-electron chi connectivity index (χ2n) is 7.64. The number of ether oxygens (including phenoxy) is 1. The maximum absolute atomic E-state index is 11.8. The fourth-order valence-electron chi connectivity index (χ4n) is 3.82. The molecule has 0 saturated carbocycles. The number of aromatic nitrogens is 2. The van der Waals surface area contributed by atoms with Crippen molar-refractivity contribution in [3.63, 3.8) is 0 Å². The molecular weight excluding hydrogens is 447 g/mol. The van der Waals surface area contributed by atoms with Gasteiger partial charge in [-0.1, -0.05) is 35.3 Å². The number of rotatable bonds is 7. The number of imidazole rings is 1. The lowest BCUT2D eigenvalue weighted by atomic mass is 10.1. The van der Waals surface area contributed by atoms with Gasteiger partial charge in [0, 0.05) is 11.4 Å². The van der Waals surface area contributed by atoms with E-state index in [-0.39, 0.29) is 30.6 Å². The van der Waals surface area contributed by atoms with E-state index in [1.165, 1.54) is 0 Å². The van der Waals surface area contributed by atoms with Crippen LogP contribution < -0.4 is 4.74 Å². The number of fused-ring (bicyclic) bond motifs is 1. The molecule has 1 aliphatic rings. The summed E-state index contributed by atoms with van der Waals surface area (Å²) in [6.45, 7) is 0.325. The number of nitrogens with zero attached hydrogens (tertiary/aromatic N) is 2. The molecule has 2 atom stereocenters. The van der Waals surface area contributed by atoms with E-state index >= 15 is 0 Å². The normalized spacial score (nSPS) is 19.2. The van der Waals surface area contributed by atoms with Gasteiger partial charge in [-0.05, 0) is 42.7 Å². The SMILES string of the molecule is O=S1(=O)CCC(Cc2nc3ccccc3n2CC(O)COc2ccc(Cl)cc2Cl)C1. The molecule has 0 spiro atoms. The lowest BCUT2D eigenvalue weighted by molar-refractivity contribution is 0.0926. The van der Waals surface area contributed by atoms with E-state index in [0.717, 1.165) is 16.9 Å². The molecule has 0 radical (unpaired) electrons. The smallest absolute Gasteiger partial charge is 0.150 e. The van der Waals surface area contributed by atoms with Crippen molar-refractivity contribution in [2.75, 3.05) is 18.1 Å². The Kier molecular flexibility index (Phi) is 6.25. The monoisotopic (exact) mass is 468 g/mol. The van der Waals surface area contributed by atoms with Crippen molar-refractivity contribution >= 4 is 44.1 Å². The maximum atomic E-state index is 11.8. The van der Waals surface area contributed by atoms with Gasteiger partial charge >= 0.3 is 0 Å². The highest BCUT2D eigenvalue weighted by Gasteiger charge is 2.29. The maximum Gasteiger partial charge on any atom is 0.150 e. The highest BCUT2D eigenvalue weighted by Crippen LogP contribution is 2.28. The van der Waals surface area contributed by atoms with Crippen molar-refractivity contribution in [2.45, 2.75) is 25.5 Å². The Hall–Kier alpha value is -1.80. The molecule has 3 aromatic rings. The lowest BCUT2D eigenvalue weighted by Crippen LogP contribution is -2.25. The molecule has 2 heterocycles. The number of sulfone groups is 1. The summed E-state index contributed by atoms with van der Waals surface area (Å²) >= 11 is 12.0. The number of hydrogen-bond acceptors (Lipinski definition) is 5. The van der Waals surface area contributed by atoms with Crippen LogP contribution in [0.4, 0.5) is 0 Å². The first kappa shape index (κ1) is 21.4. The van der Waals surface area contributed by atoms with Gasteiger partial charge in [-0.25, -0.2) is 13.4 Å². The Bertz CT molecular complexity index is 1160. The summed E-state index contributed by atoms with van der Waals surface area (Å²) in [5, 5.41) is 11.5. The third-order valence-corrected chi connectivity index (χ3v) is 7.62. The molecule has 1 aromatic heterocycles. The number of aliphatic hydroxyl groups excluding tert-OH is 1. The summed E-state index contributed by atoms with van der Waals surface area (Å²) in [7, 11) is -2.96. The summed E-state index contributed by atoms with van der Waals surface area (Å²) in [5.74, 6) is 1.70. The zero-order valence-electron chi connectivity index (χ0n) is 16.2. The lowest BCUT2D eigenvalue weighted by Gasteiger charge is -2.17. The Morgan fingerprint density at radius 1 is 1.23 bits per heavy atom. The van der Waals surface area contributed by atoms with Crippen molar-refractivity contribution in [2.24, 2.45) is 5.92 Å². The van der Waals surface area contributed by atoms with Crippen molar-refractivity contribution in [1.82, 2.24) is 9.55 Å². The summed E-state index contributed by atoms with van der Waals surface area (Å²) < 4.78 is 31.3. The summed E-state index contributed by atoms with van der Waals surface area (Å²) in [4.78, 5) is 4.70. The predicted molar refractivity (Wildman–Crippen MR) is 118 cm³/mol. The molecule has 6 nitrogen and oxygen atoms in total. The van der Waals surface area contributed by atoms with Gasteiger partial charge in [-0.15, -0.1) is 0 Å². The topological polar surface area (TPSA) is 81.4 Å². The van der Waals surface area contributed by atoms with E-state index in [9.17, 15) is 13.5 Å². The van der Waals surface area contributed by atoms with Gasteiger partial charge in [-0.2, -0.15) is 0 Å². The fourth-order valence-corrected chi connectivity index (χ4v) is 6.14. The van der Waals surface area contributed by atoms with Gasteiger partial charge < -0.3 is 14.4 Å². The van der Waals surface area contributed by atoms with Crippen LogP contribution in [0.25, 0.3) is 11.0 Å². The van der Waals surface area contributed by atoms with Crippen LogP contribution in [0.3, 0.4) is 0 Å². The van der Waals surface area contributed by atoms with E-state index in [2.05, 4.69) is 0 Å². The zero-order valence-corrected chi connectivity index (χ0v) is 18.5. The predicted octanol–water partition coefficient (Wildman–Crippen LogP) is 3.76. The number of para-hydroxylation sites is 2. The van der Waals surface area contributed by atoms with E-state index in [0.29, 0.717) is 28.6 Å². The van der Waals surface area contributed by atoms with Crippen LogP contribution in [-0.2, 0) is 22.8 Å². The number of halogens is 2. The average molecular weight is 469 g/mol. The average Bonchev–Trinajstić information content (AvgIpc) is 3.20. The minimum Gasteiger partial charge on any atom is -0.489 e. The van der Waals surface area contributed by atoms with Crippen molar-refractivity contribution in [3.05, 3.63) is 58.3 Å². The number of benzene rings is 2. The third-order valence-electron chi connectivity index (χ3n) is 5.25. The highest BCUT2D eigenvalue weighted by atomic mass is 35.5. The van der Waals surface area contributed by atoms with Crippen molar-refractivity contribution in [1.29, 1.82) is 0 Å². The molecule has 2 unspecified atom stereocenters. The van der Waals surface area contributed by atoms with Crippen LogP contribution in [0.1, 0.15) is 12.2 Å². The van der Waals surface area contributed by atoms with Gasteiger partial charge in [-0.3, -0.25) is 0 Å². The van der Waals surface area contributed by atoms with Crippen LogP contribution in [-0.4, -0.2) is 47.3 Å². The summed E-state index contributed by atoms with van der Waals surface area (Å²) in [5.41, 5.74) is 1.72.